The molecule has 1 aliphatic rings. The van der Waals surface area contributed by atoms with Crippen LogP contribution in [0.2, 0.25) is 0 Å². The van der Waals surface area contributed by atoms with Crippen molar-refractivity contribution in [3.63, 3.8) is 0 Å². The van der Waals surface area contributed by atoms with E-state index in [1.54, 1.807) is 12.3 Å². The average molecular weight is 432 g/mol. The minimum absolute atomic E-state index is 0.177. The van der Waals surface area contributed by atoms with Crippen LogP contribution in [0.25, 0.3) is 0 Å². The third kappa shape index (κ3) is 6.39. The molecule has 2 amide bonds. The molecule has 1 aromatic heterocycles. The third-order valence-electron chi connectivity index (χ3n) is 6.16. The first-order chi connectivity index (χ1) is 15.3. The van der Waals surface area contributed by atoms with Crippen molar-refractivity contribution in [2.75, 3.05) is 6.54 Å². The summed E-state index contributed by atoms with van der Waals surface area (Å²) in [6.45, 7) is 8.78. The molecule has 3 rings (SSSR count). The molecule has 1 heterocycles. The highest BCUT2D eigenvalue weighted by Gasteiger charge is 2.23. The second kappa shape index (κ2) is 10.9. The zero-order chi connectivity index (χ0) is 23.1. The number of rotatable bonds is 8. The van der Waals surface area contributed by atoms with Crippen LogP contribution in [-0.4, -0.2) is 29.4 Å². The van der Waals surface area contributed by atoms with E-state index in [4.69, 9.17) is 0 Å². The van der Waals surface area contributed by atoms with Gasteiger partial charge in [0.2, 0.25) is 5.91 Å². The van der Waals surface area contributed by atoms with Crippen LogP contribution in [0.5, 0.6) is 0 Å². The Labute approximate surface area is 191 Å². The SMILES string of the molecule is CC1=CC(C[C@@H](NC(=O)c2ccc(C)c(C)c2)C(=O)NCCc2ccccn2)=CCC1C. The van der Waals surface area contributed by atoms with Gasteiger partial charge >= 0.3 is 0 Å². The van der Waals surface area contributed by atoms with Gasteiger partial charge in [-0.25, -0.2) is 0 Å². The molecule has 0 radical (unpaired) electrons. The van der Waals surface area contributed by atoms with E-state index in [9.17, 15) is 9.59 Å². The fraction of sp³-hybridized carbons (Fsp3) is 0.370. The van der Waals surface area contributed by atoms with Gasteiger partial charge in [-0.3, -0.25) is 14.6 Å². The van der Waals surface area contributed by atoms with Crippen LogP contribution in [0.15, 0.2) is 65.9 Å². The molecule has 168 valence electrons. The molecule has 32 heavy (non-hydrogen) atoms. The smallest absolute Gasteiger partial charge is 0.251 e. The zero-order valence-electron chi connectivity index (χ0n) is 19.4. The minimum Gasteiger partial charge on any atom is -0.354 e. The lowest BCUT2D eigenvalue weighted by molar-refractivity contribution is -0.122. The fourth-order valence-corrected chi connectivity index (χ4v) is 3.70. The summed E-state index contributed by atoms with van der Waals surface area (Å²) in [7, 11) is 0. The molecule has 0 saturated heterocycles. The molecule has 0 bridgehead atoms. The lowest BCUT2D eigenvalue weighted by atomic mass is 9.88. The van der Waals surface area contributed by atoms with E-state index < -0.39 is 6.04 Å². The van der Waals surface area contributed by atoms with E-state index in [1.165, 1.54) is 5.57 Å². The van der Waals surface area contributed by atoms with Crippen LogP contribution < -0.4 is 10.6 Å². The molecule has 1 aliphatic carbocycles. The Morgan fingerprint density at radius 1 is 1.12 bits per heavy atom. The Balaban J connectivity index is 1.70. The average Bonchev–Trinajstić information content (AvgIpc) is 2.78. The van der Waals surface area contributed by atoms with Gasteiger partial charge in [0.1, 0.15) is 6.04 Å². The summed E-state index contributed by atoms with van der Waals surface area (Å²) < 4.78 is 0. The third-order valence-corrected chi connectivity index (χ3v) is 6.16. The van der Waals surface area contributed by atoms with Gasteiger partial charge in [0.15, 0.2) is 0 Å². The number of carbonyl (C=O) groups is 2. The highest BCUT2D eigenvalue weighted by atomic mass is 16.2. The first-order valence-corrected chi connectivity index (χ1v) is 11.3. The molecule has 0 saturated carbocycles. The molecule has 5 nitrogen and oxygen atoms in total. The van der Waals surface area contributed by atoms with Gasteiger partial charge in [0, 0.05) is 36.8 Å². The Hall–Kier alpha value is -3.21. The van der Waals surface area contributed by atoms with Gasteiger partial charge < -0.3 is 10.6 Å². The van der Waals surface area contributed by atoms with Crippen molar-refractivity contribution in [1.82, 2.24) is 15.6 Å². The van der Waals surface area contributed by atoms with Crippen molar-refractivity contribution in [2.45, 2.75) is 53.0 Å². The Morgan fingerprint density at radius 2 is 1.94 bits per heavy atom. The van der Waals surface area contributed by atoms with Gasteiger partial charge in [-0.05, 0) is 74.1 Å². The number of benzene rings is 1. The van der Waals surface area contributed by atoms with Gasteiger partial charge in [0.05, 0.1) is 0 Å². The number of aryl methyl sites for hydroxylation is 2. The molecular weight excluding hydrogens is 398 g/mol. The summed E-state index contributed by atoms with van der Waals surface area (Å²) in [5.74, 6) is 0.0988. The van der Waals surface area contributed by atoms with E-state index in [1.807, 2.05) is 44.2 Å². The largest absolute Gasteiger partial charge is 0.354 e. The summed E-state index contributed by atoms with van der Waals surface area (Å²) in [4.78, 5) is 30.3. The van der Waals surface area contributed by atoms with E-state index in [0.717, 1.165) is 28.8 Å². The summed E-state index contributed by atoms with van der Waals surface area (Å²) in [5.41, 5.74) is 6.07. The number of allylic oxidation sites excluding steroid dienone is 3. The fourth-order valence-electron chi connectivity index (χ4n) is 3.70. The number of hydrogen-bond donors (Lipinski definition) is 2. The highest BCUT2D eigenvalue weighted by Crippen LogP contribution is 2.25. The van der Waals surface area contributed by atoms with E-state index in [0.29, 0.717) is 30.9 Å². The van der Waals surface area contributed by atoms with Crippen molar-refractivity contribution >= 4 is 11.8 Å². The molecule has 1 unspecified atom stereocenters. The summed E-state index contributed by atoms with van der Waals surface area (Å²) >= 11 is 0. The first-order valence-electron chi connectivity index (χ1n) is 11.3. The maximum atomic E-state index is 13.0. The van der Waals surface area contributed by atoms with Gasteiger partial charge in [-0.2, -0.15) is 0 Å². The molecule has 2 N–H and O–H groups in total. The Morgan fingerprint density at radius 3 is 2.62 bits per heavy atom. The van der Waals surface area contributed by atoms with Crippen LogP contribution in [0.1, 0.15) is 53.9 Å². The molecule has 1 aromatic carbocycles. The van der Waals surface area contributed by atoms with E-state index >= 15 is 0 Å². The zero-order valence-corrected chi connectivity index (χ0v) is 19.4. The molecule has 2 aromatic rings. The number of nitrogens with zero attached hydrogens (tertiary/aromatic N) is 1. The molecular formula is C27H33N3O2. The van der Waals surface area contributed by atoms with Gasteiger partial charge in [0.25, 0.3) is 5.91 Å². The molecule has 2 atom stereocenters. The number of hydrogen-bond acceptors (Lipinski definition) is 3. The van der Waals surface area contributed by atoms with Crippen LogP contribution in [-0.2, 0) is 11.2 Å². The van der Waals surface area contributed by atoms with Crippen molar-refractivity contribution in [3.8, 4) is 0 Å². The number of nitrogens with one attached hydrogen (secondary N) is 2. The summed E-state index contributed by atoms with van der Waals surface area (Å²) in [5, 5.41) is 5.94. The standard InChI is InChI=1S/C27H33N3O2/c1-18-8-10-22(15-20(18)3)17-25(27(32)29-14-12-24-7-5-6-13-28-24)30-26(31)23-11-9-19(2)21(4)16-23/h5-7,9-11,13,15-16,18,25H,8,12,14,17H2,1-4H3,(H,29,32)(H,30,31)/t18?,25-/m1/s1. The lowest BCUT2D eigenvalue weighted by Gasteiger charge is -2.22. The predicted octanol–water partition coefficient (Wildman–Crippen LogP) is 4.46. The van der Waals surface area contributed by atoms with Crippen molar-refractivity contribution < 1.29 is 9.59 Å². The van der Waals surface area contributed by atoms with Gasteiger partial charge in [-0.15, -0.1) is 0 Å². The lowest BCUT2D eigenvalue weighted by Crippen LogP contribution is -2.47. The van der Waals surface area contributed by atoms with E-state index in [-0.39, 0.29) is 11.8 Å². The molecule has 0 aliphatic heterocycles. The Bertz CT molecular complexity index is 1020. The molecule has 0 fully saturated rings. The quantitative estimate of drug-likeness (QED) is 0.648. The number of pyridine rings is 1. The van der Waals surface area contributed by atoms with Crippen molar-refractivity contribution in [3.05, 3.63) is 88.3 Å². The maximum absolute atomic E-state index is 13.0. The predicted molar refractivity (Wildman–Crippen MR) is 128 cm³/mol. The summed E-state index contributed by atoms with van der Waals surface area (Å²) in [6, 6.07) is 10.7. The van der Waals surface area contributed by atoms with Crippen LogP contribution >= 0.6 is 0 Å². The van der Waals surface area contributed by atoms with E-state index in [2.05, 4.69) is 41.6 Å². The van der Waals surface area contributed by atoms with Crippen molar-refractivity contribution in [1.29, 1.82) is 0 Å². The number of aromatic nitrogens is 1. The number of amides is 2. The molecule has 5 heteroatoms. The van der Waals surface area contributed by atoms with Crippen LogP contribution in [0, 0.1) is 19.8 Å². The van der Waals surface area contributed by atoms with Crippen LogP contribution in [0.4, 0.5) is 0 Å². The molecule has 0 spiro atoms. The highest BCUT2D eigenvalue weighted by molar-refractivity contribution is 5.97. The monoisotopic (exact) mass is 431 g/mol. The second-order valence-corrected chi connectivity index (χ2v) is 8.70. The summed E-state index contributed by atoms with van der Waals surface area (Å²) in [6.07, 6.45) is 8.13. The minimum atomic E-state index is -0.642. The second-order valence-electron chi connectivity index (χ2n) is 8.70. The first kappa shape index (κ1) is 23.5. The Kier molecular flexibility index (Phi) is 7.98. The normalized spacial score (nSPS) is 16.6. The maximum Gasteiger partial charge on any atom is 0.251 e. The van der Waals surface area contributed by atoms with Gasteiger partial charge in [-0.1, -0.05) is 36.8 Å². The number of carbonyl (C=O) groups excluding carboxylic acids is 2. The van der Waals surface area contributed by atoms with Crippen LogP contribution in [0.3, 0.4) is 0 Å². The topological polar surface area (TPSA) is 71.1 Å². The van der Waals surface area contributed by atoms with Crippen molar-refractivity contribution in [2.24, 2.45) is 5.92 Å².